The quantitative estimate of drug-likeness (QED) is 0.350. The van der Waals surface area contributed by atoms with Crippen LogP contribution in [-0.2, 0) is 7.05 Å². The van der Waals surface area contributed by atoms with Crippen molar-refractivity contribution in [2.75, 3.05) is 29.0 Å². The summed E-state index contributed by atoms with van der Waals surface area (Å²) in [7, 11) is 1.85. The molecule has 33 heavy (non-hydrogen) atoms. The van der Waals surface area contributed by atoms with Crippen LogP contribution in [-0.4, -0.2) is 54.6 Å². The van der Waals surface area contributed by atoms with Crippen LogP contribution in [0, 0.1) is 0 Å². The monoisotopic (exact) mass is 471 g/mol. The highest BCUT2D eigenvalue weighted by atomic mass is 35.5. The van der Waals surface area contributed by atoms with Crippen molar-refractivity contribution in [2.45, 2.75) is 12.5 Å². The molecule has 1 saturated heterocycles. The summed E-state index contributed by atoms with van der Waals surface area (Å²) in [5, 5.41) is 18.3. The Morgan fingerprint density at radius 2 is 2.15 bits per heavy atom. The molecule has 4 heterocycles. The molecule has 0 unspecified atom stereocenters. The summed E-state index contributed by atoms with van der Waals surface area (Å²) in [5.41, 5.74) is 8.73. The van der Waals surface area contributed by atoms with Gasteiger partial charge in [-0.1, -0.05) is 0 Å². The lowest BCUT2D eigenvalue weighted by Crippen LogP contribution is -2.23. The fourth-order valence-electron chi connectivity index (χ4n) is 3.78. The molecule has 0 saturated carbocycles. The SMILES string of the molecule is Cn1cc2cc(NC(=O)c3coc(-c4ccnc(N)c4)n3)c(N3CC[C@@H](O)C3)cc2n1.OCl. The molecule has 1 aromatic carbocycles. The minimum absolute atomic E-state index is 0.143. The summed E-state index contributed by atoms with van der Waals surface area (Å²) < 4.78 is 13.7. The van der Waals surface area contributed by atoms with Gasteiger partial charge in [-0.3, -0.25) is 14.1 Å². The largest absolute Gasteiger partial charge is 0.444 e. The smallest absolute Gasteiger partial charge is 0.277 e. The number of aliphatic hydroxyl groups excluding tert-OH is 1. The van der Waals surface area contributed by atoms with Crippen molar-refractivity contribution in [3.8, 4) is 11.5 Å². The molecule has 1 amide bonds. The van der Waals surface area contributed by atoms with E-state index in [0.717, 1.165) is 16.6 Å². The van der Waals surface area contributed by atoms with Crippen molar-refractivity contribution >= 4 is 45.9 Å². The number of aryl methyl sites for hydroxylation is 1. The molecule has 0 radical (unpaired) electrons. The Morgan fingerprint density at radius 1 is 1.33 bits per heavy atom. The van der Waals surface area contributed by atoms with E-state index >= 15 is 0 Å². The van der Waals surface area contributed by atoms with Crippen molar-refractivity contribution in [3.05, 3.63) is 48.6 Å². The molecule has 12 heteroatoms. The van der Waals surface area contributed by atoms with Gasteiger partial charge in [-0.15, -0.1) is 0 Å². The Kier molecular flexibility index (Phi) is 6.45. The van der Waals surface area contributed by atoms with Gasteiger partial charge in [0.2, 0.25) is 5.89 Å². The lowest BCUT2D eigenvalue weighted by atomic mass is 10.2. The molecule has 3 aromatic heterocycles. The average Bonchev–Trinajstić information content (AvgIpc) is 3.53. The molecule has 0 aliphatic carbocycles. The first-order valence-electron chi connectivity index (χ1n) is 10.0. The van der Waals surface area contributed by atoms with Gasteiger partial charge >= 0.3 is 0 Å². The Morgan fingerprint density at radius 3 is 2.88 bits per heavy atom. The van der Waals surface area contributed by atoms with E-state index in [9.17, 15) is 9.90 Å². The van der Waals surface area contributed by atoms with Crippen LogP contribution >= 0.6 is 11.9 Å². The predicted molar refractivity (Wildman–Crippen MR) is 124 cm³/mol. The normalized spacial score (nSPS) is 15.4. The number of benzene rings is 1. The Labute approximate surface area is 193 Å². The summed E-state index contributed by atoms with van der Waals surface area (Å²) in [5.74, 6) is 0.218. The number of halogens is 1. The second-order valence-electron chi connectivity index (χ2n) is 7.58. The highest BCUT2D eigenvalue weighted by molar-refractivity contribution is 6.06. The third kappa shape index (κ3) is 4.75. The molecule has 0 spiro atoms. The lowest BCUT2D eigenvalue weighted by molar-refractivity contribution is 0.102. The fourth-order valence-corrected chi connectivity index (χ4v) is 3.78. The van der Waals surface area contributed by atoms with Gasteiger partial charge in [0.05, 0.1) is 34.9 Å². The second-order valence-corrected chi connectivity index (χ2v) is 7.58. The Bertz CT molecular complexity index is 1290. The maximum Gasteiger partial charge on any atom is 0.277 e. The number of aliphatic hydroxyl groups is 1. The first-order chi connectivity index (χ1) is 16.0. The number of nitrogen functional groups attached to an aromatic ring is 1. The van der Waals surface area contributed by atoms with Crippen LogP contribution in [0.25, 0.3) is 22.4 Å². The number of oxazole rings is 1. The van der Waals surface area contributed by atoms with E-state index in [2.05, 4.69) is 32.2 Å². The van der Waals surface area contributed by atoms with Gasteiger partial charge in [0, 0.05) is 43.5 Å². The number of carbonyl (C=O) groups excluding carboxylic acids is 1. The predicted octanol–water partition coefficient (Wildman–Crippen LogP) is 2.16. The summed E-state index contributed by atoms with van der Waals surface area (Å²) in [6, 6.07) is 7.14. The van der Waals surface area contributed by atoms with Crippen LogP contribution in [0.5, 0.6) is 0 Å². The summed E-state index contributed by atoms with van der Waals surface area (Å²) in [6.45, 7) is 1.19. The van der Waals surface area contributed by atoms with Crippen LogP contribution in [0.15, 0.2) is 47.3 Å². The first kappa shape index (κ1) is 22.5. The van der Waals surface area contributed by atoms with E-state index in [1.807, 2.05) is 30.3 Å². The molecule has 1 fully saturated rings. The van der Waals surface area contributed by atoms with Crippen molar-refractivity contribution in [3.63, 3.8) is 0 Å². The van der Waals surface area contributed by atoms with E-state index in [0.29, 0.717) is 36.6 Å². The Hall–Kier alpha value is -3.67. The summed E-state index contributed by atoms with van der Waals surface area (Å²) in [4.78, 5) is 23.2. The van der Waals surface area contributed by atoms with Crippen LogP contribution in [0.1, 0.15) is 16.9 Å². The topological polar surface area (TPSA) is 156 Å². The molecule has 1 atom stereocenters. The molecule has 4 aromatic rings. The van der Waals surface area contributed by atoms with E-state index in [1.54, 1.807) is 23.0 Å². The maximum atomic E-state index is 12.9. The molecule has 1 aliphatic heterocycles. The van der Waals surface area contributed by atoms with Crippen LogP contribution < -0.4 is 16.0 Å². The number of pyridine rings is 1. The second kappa shape index (κ2) is 9.45. The first-order valence-corrected chi connectivity index (χ1v) is 10.4. The number of nitrogens with zero attached hydrogens (tertiary/aromatic N) is 5. The number of aromatic nitrogens is 4. The van der Waals surface area contributed by atoms with Crippen LogP contribution in [0.2, 0.25) is 0 Å². The highest BCUT2D eigenvalue weighted by Crippen LogP contribution is 2.33. The molecule has 11 nitrogen and oxygen atoms in total. The number of hydrogen-bond acceptors (Lipinski definition) is 9. The summed E-state index contributed by atoms with van der Waals surface area (Å²) in [6.07, 6.45) is 5.02. The summed E-state index contributed by atoms with van der Waals surface area (Å²) >= 11 is 3.64. The molecule has 5 N–H and O–H groups in total. The van der Waals surface area contributed by atoms with E-state index in [-0.39, 0.29) is 11.6 Å². The number of rotatable bonds is 4. The van der Waals surface area contributed by atoms with Crippen molar-refractivity contribution in [1.29, 1.82) is 0 Å². The lowest BCUT2D eigenvalue weighted by Gasteiger charge is -2.21. The number of fused-ring (bicyclic) bond motifs is 1. The maximum absolute atomic E-state index is 12.9. The van der Waals surface area contributed by atoms with E-state index < -0.39 is 12.0 Å². The van der Waals surface area contributed by atoms with Gasteiger partial charge in [-0.05, 0) is 30.7 Å². The average molecular weight is 472 g/mol. The van der Waals surface area contributed by atoms with Crippen molar-refractivity contribution in [2.24, 2.45) is 7.05 Å². The standard InChI is InChI=1S/C21H21N7O3.ClHO/c1-27-9-13-6-16(18(8-15(13)26-27)28-5-3-14(29)10-28)24-20(30)17-11-31-21(25-17)12-2-4-23-19(22)7-12;1-2/h2,4,6-9,11,14,29H,3,5,10H2,1H3,(H2,22,23)(H,24,30);2H/t14-;/m1./s1. The van der Waals surface area contributed by atoms with Crippen LogP contribution in [0.4, 0.5) is 17.2 Å². The minimum atomic E-state index is -0.402. The molecule has 172 valence electrons. The number of nitrogens with one attached hydrogen (secondary N) is 1. The number of carbonyl (C=O) groups is 1. The highest BCUT2D eigenvalue weighted by Gasteiger charge is 2.25. The number of hydrogen-bond donors (Lipinski definition) is 4. The number of β-amino-alcohol motifs (C(OH)–C–C–N with tert-alkyl or cyclic N) is 1. The molecular formula is C21H22ClN7O4. The zero-order chi connectivity index (χ0) is 23.5. The number of amides is 1. The fraction of sp³-hybridized carbons (Fsp3) is 0.238. The van der Waals surface area contributed by atoms with E-state index in [1.165, 1.54) is 6.26 Å². The van der Waals surface area contributed by atoms with Gasteiger partial charge in [0.25, 0.3) is 5.91 Å². The van der Waals surface area contributed by atoms with Gasteiger partial charge in [-0.2, -0.15) is 5.10 Å². The molecule has 1 aliphatic rings. The third-order valence-electron chi connectivity index (χ3n) is 5.25. The molecular weight excluding hydrogens is 450 g/mol. The molecule has 0 bridgehead atoms. The van der Waals surface area contributed by atoms with Crippen molar-refractivity contribution < 1.29 is 19.0 Å². The Balaban J connectivity index is 0.00000126. The van der Waals surface area contributed by atoms with Crippen molar-refractivity contribution in [1.82, 2.24) is 19.7 Å². The minimum Gasteiger partial charge on any atom is -0.444 e. The zero-order valence-corrected chi connectivity index (χ0v) is 18.4. The number of anilines is 3. The zero-order valence-electron chi connectivity index (χ0n) is 17.6. The van der Waals surface area contributed by atoms with Gasteiger partial charge in [0.1, 0.15) is 12.1 Å². The number of nitrogens with two attached hydrogens (primary N) is 1. The van der Waals surface area contributed by atoms with Gasteiger partial charge < -0.3 is 25.5 Å². The van der Waals surface area contributed by atoms with Crippen LogP contribution in [0.3, 0.4) is 0 Å². The van der Waals surface area contributed by atoms with Gasteiger partial charge in [-0.25, -0.2) is 9.97 Å². The van der Waals surface area contributed by atoms with Gasteiger partial charge in [0.15, 0.2) is 5.69 Å². The molecule has 5 rings (SSSR count). The third-order valence-corrected chi connectivity index (χ3v) is 5.25. The van der Waals surface area contributed by atoms with E-state index in [4.69, 9.17) is 14.8 Å².